The van der Waals surface area contributed by atoms with Gasteiger partial charge in [0, 0.05) is 31.3 Å². The number of nitrogens with zero attached hydrogens (tertiary/aromatic N) is 1. The van der Waals surface area contributed by atoms with Gasteiger partial charge in [-0.05, 0) is 24.8 Å². The molecule has 1 unspecified atom stereocenters. The van der Waals surface area contributed by atoms with Crippen molar-refractivity contribution in [3.8, 4) is 0 Å². The fourth-order valence-electron chi connectivity index (χ4n) is 2.66. The number of ketones is 1. The predicted molar refractivity (Wildman–Crippen MR) is 83.9 cm³/mol. The largest absolute Gasteiger partial charge is 0.381 e. The maximum Gasteiger partial charge on any atom is 0.184 e. The summed E-state index contributed by atoms with van der Waals surface area (Å²) in [6, 6.07) is 8.03. The lowest BCUT2D eigenvalue weighted by Crippen LogP contribution is -2.05. The molecule has 128 valence electrons. The van der Waals surface area contributed by atoms with Crippen LogP contribution in [0.2, 0.25) is 0 Å². The number of hydrogen-bond acceptors (Lipinski definition) is 5. The van der Waals surface area contributed by atoms with Gasteiger partial charge in [-0.2, -0.15) is 0 Å². The highest BCUT2D eigenvalue weighted by atomic mass is 19.1. The Labute approximate surface area is 139 Å². The van der Waals surface area contributed by atoms with E-state index in [0.717, 1.165) is 26.1 Å². The van der Waals surface area contributed by atoms with E-state index in [4.69, 9.17) is 14.0 Å². The summed E-state index contributed by atoms with van der Waals surface area (Å²) in [6.07, 6.45) is 2.27. The van der Waals surface area contributed by atoms with Crippen molar-refractivity contribution in [1.29, 1.82) is 0 Å². The third-order valence-corrected chi connectivity index (χ3v) is 4.11. The third kappa shape index (κ3) is 4.49. The van der Waals surface area contributed by atoms with E-state index in [-0.39, 0.29) is 24.8 Å². The molecule has 0 saturated carbocycles. The number of benzene rings is 1. The molecule has 5 nitrogen and oxygen atoms in total. The first kappa shape index (κ1) is 16.8. The van der Waals surface area contributed by atoms with Gasteiger partial charge in [0.05, 0.1) is 6.61 Å². The molecule has 24 heavy (non-hydrogen) atoms. The normalized spacial score (nSPS) is 17.3. The summed E-state index contributed by atoms with van der Waals surface area (Å²) in [5.74, 6) is 0.580. The average molecular weight is 333 g/mol. The average Bonchev–Trinajstić information content (AvgIpc) is 3.26. The molecule has 2 heterocycles. The highest BCUT2D eigenvalue weighted by Gasteiger charge is 2.19. The Morgan fingerprint density at radius 3 is 3.00 bits per heavy atom. The van der Waals surface area contributed by atoms with Crippen molar-refractivity contribution in [2.75, 3.05) is 13.2 Å². The van der Waals surface area contributed by atoms with Gasteiger partial charge in [-0.3, -0.25) is 4.79 Å². The van der Waals surface area contributed by atoms with Gasteiger partial charge in [-0.1, -0.05) is 23.4 Å². The number of ether oxygens (including phenoxy) is 2. The minimum absolute atomic E-state index is 0.0361. The van der Waals surface area contributed by atoms with Gasteiger partial charge in [0.25, 0.3) is 0 Å². The van der Waals surface area contributed by atoms with Crippen LogP contribution in [0.15, 0.2) is 34.9 Å². The number of Topliss-reactive ketones (excluding diaryl/α,β-unsaturated/α-hetero) is 1. The van der Waals surface area contributed by atoms with E-state index in [0.29, 0.717) is 29.4 Å². The number of rotatable bonds is 8. The first-order valence-electron chi connectivity index (χ1n) is 8.10. The third-order valence-electron chi connectivity index (χ3n) is 4.11. The lowest BCUT2D eigenvalue weighted by atomic mass is 10.00. The molecule has 1 aromatic heterocycles. The van der Waals surface area contributed by atoms with Crippen molar-refractivity contribution in [3.63, 3.8) is 0 Å². The Balaban J connectivity index is 1.44. The maximum atomic E-state index is 13.5. The van der Waals surface area contributed by atoms with E-state index in [2.05, 4.69) is 5.16 Å². The van der Waals surface area contributed by atoms with Gasteiger partial charge in [-0.15, -0.1) is 0 Å². The molecule has 1 fully saturated rings. The molecule has 6 heteroatoms. The van der Waals surface area contributed by atoms with Gasteiger partial charge in [0.15, 0.2) is 11.5 Å². The van der Waals surface area contributed by atoms with Gasteiger partial charge >= 0.3 is 0 Å². The molecule has 0 amide bonds. The van der Waals surface area contributed by atoms with Crippen LogP contribution in [0.1, 0.15) is 41.1 Å². The first-order valence-corrected chi connectivity index (χ1v) is 8.10. The fourth-order valence-corrected chi connectivity index (χ4v) is 2.66. The van der Waals surface area contributed by atoms with Gasteiger partial charge in [0.2, 0.25) is 0 Å². The van der Waals surface area contributed by atoms with Crippen LogP contribution >= 0.6 is 0 Å². The molecule has 1 atom stereocenters. The van der Waals surface area contributed by atoms with Crippen LogP contribution in [-0.4, -0.2) is 24.2 Å². The Bertz CT molecular complexity index is 679. The van der Waals surface area contributed by atoms with E-state index in [1.54, 1.807) is 24.3 Å². The summed E-state index contributed by atoms with van der Waals surface area (Å²) < 4.78 is 29.3. The van der Waals surface area contributed by atoms with Gasteiger partial charge in [0.1, 0.15) is 18.1 Å². The first-order chi connectivity index (χ1) is 11.7. The van der Waals surface area contributed by atoms with Crippen LogP contribution in [0, 0.1) is 11.7 Å². The smallest absolute Gasteiger partial charge is 0.184 e. The van der Waals surface area contributed by atoms with Crippen LogP contribution in [-0.2, 0) is 22.7 Å². The SMILES string of the molecule is O=C(CCC1CCOC1)c1cc(COCc2ccccc2F)on1. The minimum atomic E-state index is -0.304. The highest BCUT2D eigenvalue weighted by molar-refractivity contribution is 5.94. The molecule has 0 spiro atoms. The predicted octanol–water partition coefficient (Wildman–Crippen LogP) is 3.53. The number of aromatic nitrogens is 1. The van der Waals surface area contributed by atoms with E-state index in [9.17, 15) is 9.18 Å². The second-order valence-corrected chi connectivity index (χ2v) is 5.95. The lowest BCUT2D eigenvalue weighted by molar-refractivity contribution is 0.0860. The van der Waals surface area contributed by atoms with Crippen LogP contribution in [0.4, 0.5) is 4.39 Å². The molecule has 3 rings (SSSR count). The van der Waals surface area contributed by atoms with E-state index in [1.807, 2.05) is 0 Å². The van der Waals surface area contributed by atoms with Gasteiger partial charge in [-0.25, -0.2) is 4.39 Å². The second-order valence-electron chi connectivity index (χ2n) is 5.95. The van der Waals surface area contributed by atoms with E-state index in [1.165, 1.54) is 6.07 Å². The summed E-state index contributed by atoms with van der Waals surface area (Å²) in [7, 11) is 0. The lowest BCUT2D eigenvalue weighted by Gasteiger charge is -2.04. The molecule has 1 aliphatic heterocycles. The zero-order valence-electron chi connectivity index (χ0n) is 13.4. The van der Waals surface area contributed by atoms with E-state index >= 15 is 0 Å². The zero-order valence-corrected chi connectivity index (χ0v) is 13.4. The highest BCUT2D eigenvalue weighted by Crippen LogP contribution is 2.19. The summed E-state index contributed by atoms with van der Waals surface area (Å²) in [5.41, 5.74) is 0.797. The van der Waals surface area contributed by atoms with Crippen molar-refractivity contribution in [1.82, 2.24) is 5.16 Å². The monoisotopic (exact) mass is 333 g/mol. The Morgan fingerprint density at radius 2 is 2.21 bits per heavy atom. The fraction of sp³-hybridized carbons (Fsp3) is 0.444. The van der Waals surface area contributed by atoms with Crippen molar-refractivity contribution >= 4 is 5.78 Å². The Hall–Kier alpha value is -2.05. The van der Waals surface area contributed by atoms with Crippen LogP contribution in [0.5, 0.6) is 0 Å². The summed E-state index contributed by atoms with van der Waals surface area (Å²) >= 11 is 0. The van der Waals surface area contributed by atoms with Crippen LogP contribution in [0.3, 0.4) is 0 Å². The maximum absolute atomic E-state index is 13.5. The molecule has 1 aliphatic rings. The summed E-state index contributed by atoms with van der Waals surface area (Å²) in [6.45, 7) is 1.80. The molecule has 1 saturated heterocycles. The van der Waals surface area contributed by atoms with Crippen LogP contribution in [0.25, 0.3) is 0 Å². The van der Waals surface area contributed by atoms with Crippen molar-refractivity contribution in [2.45, 2.75) is 32.5 Å². The number of carbonyl (C=O) groups is 1. The minimum Gasteiger partial charge on any atom is -0.381 e. The zero-order chi connectivity index (χ0) is 16.8. The molecule has 0 N–H and O–H groups in total. The van der Waals surface area contributed by atoms with Crippen LogP contribution < -0.4 is 0 Å². The molecular formula is C18H20FNO4. The molecule has 1 aromatic carbocycles. The molecule has 0 bridgehead atoms. The standard InChI is InChI=1S/C18H20FNO4/c19-16-4-2-1-3-14(16)11-23-12-15-9-17(20-24-15)18(21)6-5-13-7-8-22-10-13/h1-4,9,13H,5-8,10-12H2. The number of carbonyl (C=O) groups excluding carboxylic acids is 1. The van der Waals surface area contributed by atoms with Crippen molar-refractivity contribution < 1.29 is 23.2 Å². The molecular weight excluding hydrogens is 313 g/mol. The van der Waals surface area contributed by atoms with Gasteiger partial charge < -0.3 is 14.0 Å². The number of halogens is 1. The molecule has 2 aromatic rings. The Morgan fingerprint density at radius 1 is 1.33 bits per heavy atom. The molecule has 0 aliphatic carbocycles. The van der Waals surface area contributed by atoms with Crippen molar-refractivity contribution in [2.24, 2.45) is 5.92 Å². The van der Waals surface area contributed by atoms with Crippen molar-refractivity contribution in [3.05, 3.63) is 53.2 Å². The Kier molecular flexibility index (Phi) is 5.72. The van der Waals surface area contributed by atoms with E-state index < -0.39 is 0 Å². The second kappa shape index (κ2) is 8.17. The summed E-state index contributed by atoms with van der Waals surface area (Å²) in [4.78, 5) is 12.1. The summed E-state index contributed by atoms with van der Waals surface area (Å²) in [5, 5.41) is 3.79. The topological polar surface area (TPSA) is 61.6 Å². The molecule has 0 radical (unpaired) electrons. The number of hydrogen-bond donors (Lipinski definition) is 0. The quantitative estimate of drug-likeness (QED) is 0.692.